The normalized spacial score (nSPS) is 12.5. The second-order valence-electron chi connectivity index (χ2n) is 5.03. The Balaban J connectivity index is 3.08. The van der Waals surface area contributed by atoms with Gasteiger partial charge in [0.1, 0.15) is 4.90 Å². The largest absolute Gasteiger partial charge is 0.307 e. The van der Waals surface area contributed by atoms with Gasteiger partial charge < -0.3 is 5.43 Å². The van der Waals surface area contributed by atoms with Gasteiger partial charge in [0.05, 0.1) is 0 Å². The third-order valence-corrected chi connectivity index (χ3v) is 3.89. The Kier molecular flexibility index (Phi) is 4.71. The minimum atomic E-state index is -3.64. The number of nitrogen functional groups attached to an aromatic ring is 1. The number of sulfonamides is 1. The number of hydrazine groups is 1. The number of nitrogens with one attached hydrogen (secondary N) is 2. The van der Waals surface area contributed by atoms with Crippen molar-refractivity contribution in [1.82, 2.24) is 9.71 Å². The van der Waals surface area contributed by atoms with Crippen molar-refractivity contribution in [2.75, 3.05) is 12.0 Å². The average Bonchev–Trinajstić information content (AvgIpc) is 2.26. The van der Waals surface area contributed by atoms with Crippen molar-refractivity contribution in [1.29, 1.82) is 0 Å². The standard InChI is InChI=1S/C10H17BrN4O2S/c1-10(2,3)6-14-18(16,17)8-4-7(11)5-13-9(8)15-12/h4-5,14H,6,12H2,1-3H3,(H,13,15). The fourth-order valence-electron chi connectivity index (χ4n) is 1.12. The summed E-state index contributed by atoms with van der Waals surface area (Å²) in [6.07, 6.45) is 1.47. The van der Waals surface area contributed by atoms with Crippen LogP contribution in [0.1, 0.15) is 20.8 Å². The van der Waals surface area contributed by atoms with Gasteiger partial charge in [0, 0.05) is 17.2 Å². The van der Waals surface area contributed by atoms with Gasteiger partial charge in [-0.3, -0.25) is 0 Å². The molecule has 0 aromatic carbocycles. The van der Waals surface area contributed by atoms with Gasteiger partial charge in [0.15, 0.2) is 5.82 Å². The summed E-state index contributed by atoms with van der Waals surface area (Å²) in [5.74, 6) is 5.37. The molecule has 0 saturated heterocycles. The lowest BCUT2D eigenvalue weighted by Gasteiger charge is -2.19. The number of anilines is 1. The molecule has 102 valence electrons. The molecule has 0 unspecified atom stereocenters. The molecule has 0 amide bonds. The molecule has 0 spiro atoms. The van der Waals surface area contributed by atoms with Crippen molar-refractivity contribution in [3.63, 3.8) is 0 Å². The van der Waals surface area contributed by atoms with Crippen LogP contribution >= 0.6 is 15.9 Å². The van der Waals surface area contributed by atoms with E-state index < -0.39 is 10.0 Å². The second kappa shape index (κ2) is 5.52. The molecule has 1 aromatic rings. The lowest BCUT2D eigenvalue weighted by atomic mass is 9.98. The zero-order valence-electron chi connectivity index (χ0n) is 10.5. The Morgan fingerprint density at radius 2 is 2.06 bits per heavy atom. The van der Waals surface area contributed by atoms with E-state index >= 15 is 0 Å². The predicted octanol–water partition coefficient (Wildman–Crippen LogP) is 1.45. The summed E-state index contributed by atoms with van der Waals surface area (Å²) >= 11 is 3.19. The fourth-order valence-corrected chi connectivity index (χ4v) is 3.03. The first-order valence-electron chi connectivity index (χ1n) is 5.27. The smallest absolute Gasteiger partial charge is 0.244 e. The lowest BCUT2D eigenvalue weighted by molar-refractivity contribution is 0.407. The van der Waals surface area contributed by atoms with E-state index in [1.807, 2.05) is 20.8 Å². The Labute approximate surface area is 116 Å². The van der Waals surface area contributed by atoms with Crippen molar-refractivity contribution >= 4 is 31.8 Å². The fraction of sp³-hybridized carbons (Fsp3) is 0.500. The van der Waals surface area contributed by atoms with Crippen molar-refractivity contribution in [3.8, 4) is 0 Å². The van der Waals surface area contributed by atoms with Gasteiger partial charge in [-0.25, -0.2) is 24.0 Å². The van der Waals surface area contributed by atoms with Crippen LogP contribution in [0.3, 0.4) is 0 Å². The summed E-state index contributed by atoms with van der Waals surface area (Å²) < 4.78 is 27.4. The molecule has 6 nitrogen and oxygen atoms in total. The van der Waals surface area contributed by atoms with E-state index in [2.05, 4.69) is 31.1 Å². The molecule has 1 rings (SSSR count). The van der Waals surface area contributed by atoms with Crippen LogP contribution in [0.2, 0.25) is 0 Å². The quantitative estimate of drug-likeness (QED) is 0.571. The average molecular weight is 337 g/mol. The first-order valence-corrected chi connectivity index (χ1v) is 7.55. The molecular formula is C10H17BrN4O2S. The molecular weight excluding hydrogens is 320 g/mol. The van der Waals surface area contributed by atoms with Gasteiger partial charge in [-0.15, -0.1) is 0 Å². The summed E-state index contributed by atoms with van der Waals surface area (Å²) in [6.45, 7) is 6.15. The van der Waals surface area contributed by atoms with Crippen LogP contribution in [0, 0.1) is 5.41 Å². The Morgan fingerprint density at radius 1 is 1.44 bits per heavy atom. The molecule has 0 bridgehead atoms. The molecule has 0 aliphatic rings. The van der Waals surface area contributed by atoms with E-state index in [4.69, 9.17) is 5.84 Å². The van der Waals surface area contributed by atoms with Crippen molar-refractivity contribution in [3.05, 3.63) is 16.7 Å². The number of aromatic nitrogens is 1. The van der Waals surface area contributed by atoms with Crippen LogP contribution in [-0.2, 0) is 10.0 Å². The van der Waals surface area contributed by atoms with Gasteiger partial charge in [-0.2, -0.15) is 0 Å². The molecule has 4 N–H and O–H groups in total. The zero-order valence-corrected chi connectivity index (χ0v) is 12.9. The minimum absolute atomic E-state index is 0.0172. The Morgan fingerprint density at radius 3 is 2.56 bits per heavy atom. The number of rotatable bonds is 4. The van der Waals surface area contributed by atoms with Crippen LogP contribution in [-0.4, -0.2) is 19.9 Å². The van der Waals surface area contributed by atoms with E-state index in [-0.39, 0.29) is 16.1 Å². The van der Waals surface area contributed by atoms with Crippen LogP contribution in [0.4, 0.5) is 5.82 Å². The molecule has 0 aliphatic carbocycles. The molecule has 0 atom stereocenters. The van der Waals surface area contributed by atoms with Crippen LogP contribution in [0.15, 0.2) is 21.6 Å². The first-order chi connectivity index (χ1) is 8.15. The molecule has 0 saturated carbocycles. The highest BCUT2D eigenvalue weighted by Gasteiger charge is 2.22. The van der Waals surface area contributed by atoms with Crippen molar-refractivity contribution < 1.29 is 8.42 Å². The maximum absolute atomic E-state index is 12.1. The van der Waals surface area contributed by atoms with Gasteiger partial charge in [-0.1, -0.05) is 20.8 Å². The number of pyridine rings is 1. The van der Waals surface area contributed by atoms with E-state index in [1.54, 1.807) is 0 Å². The topological polar surface area (TPSA) is 97.1 Å². The third-order valence-electron chi connectivity index (χ3n) is 2.04. The highest BCUT2D eigenvalue weighted by Crippen LogP contribution is 2.22. The number of hydrogen-bond acceptors (Lipinski definition) is 5. The third kappa shape index (κ3) is 4.20. The van der Waals surface area contributed by atoms with Crippen LogP contribution in [0.25, 0.3) is 0 Å². The number of halogens is 1. The predicted molar refractivity (Wildman–Crippen MR) is 74.4 cm³/mol. The van der Waals surface area contributed by atoms with Crippen LogP contribution in [0.5, 0.6) is 0 Å². The summed E-state index contributed by atoms with van der Waals surface area (Å²) in [6, 6.07) is 1.45. The van der Waals surface area contributed by atoms with E-state index in [0.717, 1.165) is 0 Å². The summed E-state index contributed by atoms with van der Waals surface area (Å²) in [5, 5.41) is 0. The molecule has 1 aromatic heterocycles. The summed E-state index contributed by atoms with van der Waals surface area (Å²) in [4.78, 5) is 3.92. The van der Waals surface area contributed by atoms with Gasteiger partial charge in [-0.05, 0) is 27.4 Å². The Hall–Kier alpha value is -0.700. The molecule has 0 fully saturated rings. The maximum Gasteiger partial charge on any atom is 0.244 e. The SMILES string of the molecule is CC(C)(C)CNS(=O)(=O)c1cc(Br)cnc1NN. The summed E-state index contributed by atoms with van der Waals surface area (Å²) in [7, 11) is -3.64. The van der Waals surface area contributed by atoms with E-state index in [1.165, 1.54) is 12.3 Å². The van der Waals surface area contributed by atoms with Crippen molar-refractivity contribution in [2.45, 2.75) is 25.7 Å². The highest BCUT2D eigenvalue weighted by molar-refractivity contribution is 9.10. The van der Waals surface area contributed by atoms with Crippen LogP contribution < -0.4 is 16.0 Å². The monoisotopic (exact) mass is 336 g/mol. The molecule has 0 radical (unpaired) electrons. The van der Waals surface area contributed by atoms with Gasteiger partial charge in [0.2, 0.25) is 10.0 Å². The molecule has 0 aliphatic heterocycles. The number of hydrogen-bond donors (Lipinski definition) is 3. The molecule has 8 heteroatoms. The van der Waals surface area contributed by atoms with E-state index in [0.29, 0.717) is 11.0 Å². The molecule has 18 heavy (non-hydrogen) atoms. The summed E-state index contributed by atoms with van der Waals surface area (Å²) in [5.41, 5.74) is 2.12. The minimum Gasteiger partial charge on any atom is -0.307 e. The van der Waals surface area contributed by atoms with E-state index in [9.17, 15) is 8.42 Å². The zero-order chi connectivity index (χ0) is 14.0. The first kappa shape index (κ1) is 15.4. The highest BCUT2D eigenvalue weighted by atomic mass is 79.9. The number of nitrogens with zero attached hydrogens (tertiary/aromatic N) is 1. The second-order valence-corrected chi connectivity index (χ2v) is 7.68. The molecule has 1 heterocycles. The van der Waals surface area contributed by atoms with Gasteiger partial charge >= 0.3 is 0 Å². The Bertz CT molecular complexity index is 525. The lowest BCUT2D eigenvalue weighted by Crippen LogP contribution is -2.33. The van der Waals surface area contributed by atoms with Crippen molar-refractivity contribution in [2.24, 2.45) is 11.3 Å². The van der Waals surface area contributed by atoms with Gasteiger partial charge in [0.25, 0.3) is 0 Å². The maximum atomic E-state index is 12.1. The number of nitrogens with two attached hydrogens (primary N) is 1.